The van der Waals surface area contributed by atoms with Crippen LogP contribution in [0.4, 0.5) is 26.3 Å². The molecule has 2 N–H and O–H groups in total. The number of rotatable bonds is 28. The average Bonchev–Trinajstić information content (AvgIpc) is 1.17. The maximum Gasteiger partial charge on any atom is 0.435 e. The number of carbonyl (C=O) groups is 3. The number of methoxy groups -OCH3 is 3. The number of sulfone groups is 1. The van der Waals surface area contributed by atoms with Gasteiger partial charge in [-0.15, -0.1) is 19.2 Å². The van der Waals surface area contributed by atoms with Crippen LogP contribution in [-0.4, -0.2) is 179 Å². The third-order valence-electron chi connectivity index (χ3n) is 17.1. The van der Waals surface area contributed by atoms with Crippen LogP contribution in [0.15, 0.2) is 101 Å². The van der Waals surface area contributed by atoms with Gasteiger partial charge in [0, 0.05) is 116 Å². The van der Waals surface area contributed by atoms with Crippen LogP contribution in [0.25, 0.3) is 0 Å². The zero-order valence-electron chi connectivity index (χ0n) is 68.9. The van der Waals surface area contributed by atoms with Gasteiger partial charge in [0.1, 0.15) is 17.5 Å². The summed E-state index contributed by atoms with van der Waals surface area (Å²) in [6.45, 7) is 32.0. The smallest absolute Gasteiger partial charge is 0.435 e. The topological polar surface area (TPSA) is 279 Å². The molecule has 3 aliphatic heterocycles. The number of aromatic amines is 1. The molecule has 3 saturated heterocycles. The molecule has 2 aromatic carbocycles. The van der Waals surface area contributed by atoms with Gasteiger partial charge < -0.3 is 43.0 Å². The molecule has 0 aliphatic carbocycles. The summed E-state index contributed by atoms with van der Waals surface area (Å²) < 4.78 is 151. The van der Waals surface area contributed by atoms with Gasteiger partial charge >= 0.3 is 24.3 Å². The van der Waals surface area contributed by atoms with E-state index in [9.17, 15) is 49.1 Å². The highest BCUT2D eigenvalue weighted by atomic mass is 79.9. The van der Waals surface area contributed by atoms with E-state index < -0.39 is 44.4 Å². The SMILES string of the molecule is C1CCOC1.C=CCCO.CCCCn1nc(C)cc1C(=O)OCC.CCCCn1nc(C)cc1C=O.CCOC(=O)c1cc(C)[nH]n1.COCCCBr.COCCCn1nc(C(F)(F)F)cc1C1CC(C)(S(=O)(=O)c2cccc(C)c2)CCO1.COCCCn1nc(C(F)(F)F)cc1C1CC(C)CCO1.Cc1cccc(S)c1. The van der Waals surface area contributed by atoms with Crippen LogP contribution in [0.2, 0.25) is 0 Å². The highest BCUT2D eigenvalue weighted by Crippen LogP contribution is 2.43. The number of hydrogen-bond donors (Lipinski definition) is 3. The molecule has 5 aromatic heterocycles. The zero-order valence-corrected chi connectivity index (χ0v) is 72.2. The first-order chi connectivity index (χ1) is 54.2. The van der Waals surface area contributed by atoms with Crippen molar-refractivity contribution in [2.45, 2.75) is 231 Å². The van der Waals surface area contributed by atoms with Crippen LogP contribution >= 0.6 is 28.6 Å². The summed E-state index contributed by atoms with van der Waals surface area (Å²) in [7, 11) is 1.06. The number of aliphatic hydroxyl groups is 1. The van der Waals surface area contributed by atoms with Crippen molar-refractivity contribution in [3.05, 3.63) is 160 Å². The summed E-state index contributed by atoms with van der Waals surface area (Å²) in [5.41, 5.74) is 5.16. The summed E-state index contributed by atoms with van der Waals surface area (Å²) in [6.07, 6.45) is 4.10. The number of aryl methyl sites for hydroxylation is 9. The van der Waals surface area contributed by atoms with Crippen molar-refractivity contribution < 1.29 is 92.1 Å². The Morgan fingerprint density at radius 2 is 1.20 bits per heavy atom. The molecule has 7 aromatic rings. The first-order valence-corrected chi connectivity index (χ1v) is 41.6. The number of aromatic nitrogens is 10. The summed E-state index contributed by atoms with van der Waals surface area (Å²) >= 11 is 7.42. The molecule has 0 saturated carbocycles. The Hall–Kier alpha value is -7.08. The van der Waals surface area contributed by atoms with Crippen LogP contribution in [-0.2, 0) is 86.3 Å². The average molecular weight is 1720 g/mol. The minimum Gasteiger partial charge on any atom is -0.461 e. The molecule has 0 bridgehead atoms. The van der Waals surface area contributed by atoms with Crippen LogP contribution in [0.5, 0.6) is 0 Å². The second kappa shape index (κ2) is 56.3. The third-order valence-corrected chi connectivity index (χ3v) is 20.5. The molecule has 642 valence electrons. The molecule has 3 aliphatic rings. The number of thiol groups is 1. The van der Waals surface area contributed by atoms with Crippen molar-refractivity contribution in [2.24, 2.45) is 5.92 Å². The van der Waals surface area contributed by atoms with Gasteiger partial charge in [-0.1, -0.05) is 85.4 Å². The number of aliphatic hydroxyl groups excluding tert-OH is 1. The lowest BCUT2D eigenvalue weighted by Gasteiger charge is -2.37. The van der Waals surface area contributed by atoms with Crippen molar-refractivity contribution in [3.63, 3.8) is 0 Å². The quantitative estimate of drug-likeness (QED) is 0.00781. The maximum absolute atomic E-state index is 13.4. The Bertz CT molecular complexity index is 3910. The Balaban J connectivity index is 0.000000466. The van der Waals surface area contributed by atoms with Gasteiger partial charge in [-0.3, -0.25) is 28.6 Å². The third kappa shape index (κ3) is 38.8. The molecule has 8 heterocycles. The summed E-state index contributed by atoms with van der Waals surface area (Å²) in [6, 6.07) is 22.0. The Kier molecular flexibility index (Phi) is 50.9. The van der Waals surface area contributed by atoms with E-state index >= 15 is 0 Å². The number of benzene rings is 2. The van der Waals surface area contributed by atoms with E-state index in [1.54, 1.807) is 80.8 Å². The highest BCUT2D eigenvalue weighted by Gasteiger charge is 2.47. The standard InChI is InChI=1S/C21H27F3N2O4S.C14H21F3N2O2.C11H18N2O2.C9H14N2O.C7H10N2O2.C7H8S.C4H9BrO.2C4H8O/c1-15-6-4-7-16(12-15)31(27,28)20(2)8-11-30-18(14-20)17-13-19(21(22,23)24)25-26(17)9-5-10-29-3;1-10-4-7-21-12(8-10)11-9-13(14(15,16)17)18-19(11)5-3-6-20-2;1-4-6-7-13-10(8-9(3)12-13)11(14)15-5-2;1-3-4-5-11-9(7-12)6-8(2)10-11;1-3-11-7(10)6-4-5(2)8-9-6;1-6-3-2-4-7(8)5-6;1-6-4-2-3-5;1-2-4-5-3-1;1-2-3-4-5/h4,6-7,12-13,18H,5,8-11,14H2,1-3H3;9-10,12H,3-8H2,1-2H3;8H,4-7H2,1-3H3;6-7H,3-5H2,1-2H3;4H,3H2,1-2H3,(H,8,9);2-5,8H,1H3;2-4H2,1H3;1-4H2;2,5H,1,3-4H2. The maximum atomic E-state index is 13.4. The van der Waals surface area contributed by atoms with Crippen molar-refractivity contribution in [1.82, 2.24) is 49.3 Å². The molecule has 0 spiro atoms. The summed E-state index contributed by atoms with van der Waals surface area (Å²) in [5.74, 6) is -0.216. The largest absolute Gasteiger partial charge is 0.461 e. The zero-order chi connectivity index (χ0) is 85.3. The highest BCUT2D eigenvalue weighted by molar-refractivity contribution is 9.09. The molecule has 3 fully saturated rings. The number of ether oxygens (including phenoxy) is 8. The molecule has 24 nitrogen and oxygen atoms in total. The van der Waals surface area contributed by atoms with E-state index in [1.807, 2.05) is 58.0 Å². The van der Waals surface area contributed by atoms with Crippen LogP contribution in [0.1, 0.15) is 226 Å². The minimum atomic E-state index is -4.60. The fourth-order valence-electron chi connectivity index (χ4n) is 11.1. The van der Waals surface area contributed by atoms with Crippen molar-refractivity contribution in [1.29, 1.82) is 0 Å². The summed E-state index contributed by atoms with van der Waals surface area (Å²) in [4.78, 5) is 34.3. The predicted molar refractivity (Wildman–Crippen MR) is 434 cm³/mol. The van der Waals surface area contributed by atoms with E-state index in [4.69, 9.17) is 43.0 Å². The van der Waals surface area contributed by atoms with E-state index in [-0.39, 0.29) is 61.2 Å². The van der Waals surface area contributed by atoms with Gasteiger partial charge in [0.05, 0.1) is 51.7 Å². The van der Waals surface area contributed by atoms with E-state index in [0.717, 1.165) is 129 Å². The second-order valence-electron chi connectivity index (χ2n) is 27.1. The first-order valence-electron chi connectivity index (χ1n) is 38.5. The van der Waals surface area contributed by atoms with Gasteiger partial charge in [0.15, 0.2) is 33.2 Å². The lowest BCUT2D eigenvalue weighted by atomic mass is 9.94. The molecule has 4 unspecified atom stereocenters. The van der Waals surface area contributed by atoms with Crippen LogP contribution in [0, 0.1) is 40.5 Å². The number of nitrogens with zero attached hydrogens (tertiary/aromatic N) is 9. The van der Waals surface area contributed by atoms with Crippen molar-refractivity contribution in [3.8, 4) is 0 Å². The molecule has 114 heavy (non-hydrogen) atoms. The molecular weight excluding hydrogens is 1590 g/mol. The lowest BCUT2D eigenvalue weighted by molar-refractivity contribution is -0.142. The number of unbranched alkanes of at least 4 members (excludes halogenated alkanes) is 2. The molecular formula is C81H123BrF6N10O14S2. The molecule has 33 heteroatoms. The van der Waals surface area contributed by atoms with Crippen molar-refractivity contribution >= 4 is 56.6 Å². The molecule has 0 amide bonds. The van der Waals surface area contributed by atoms with E-state index in [1.165, 1.54) is 34.9 Å². The number of carbonyl (C=O) groups excluding carboxylic acids is 3. The fraction of sp³-hybridized carbons (Fsp3) is 0.605. The predicted octanol–water partition coefficient (Wildman–Crippen LogP) is 17.7. The van der Waals surface area contributed by atoms with Gasteiger partial charge in [-0.05, 0) is 199 Å². The Morgan fingerprint density at radius 3 is 1.64 bits per heavy atom. The first kappa shape index (κ1) is 103. The van der Waals surface area contributed by atoms with Crippen LogP contribution in [0.3, 0.4) is 0 Å². The lowest BCUT2D eigenvalue weighted by Crippen LogP contribution is -2.42. The van der Waals surface area contributed by atoms with E-state index in [0.29, 0.717) is 87.5 Å². The van der Waals surface area contributed by atoms with Gasteiger partial charge in [0.2, 0.25) is 0 Å². The normalized spacial score (nSPS) is 16.3. The van der Waals surface area contributed by atoms with Gasteiger partial charge in [-0.25, -0.2) is 18.0 Å². The molecule has 4 atom stereocenters. The molecule has 10 rings (SSSR count). The number of H-pyrrole nitrogens is 1. The fourth-order valence-corrected chi connectivity index (χ4v) is 13.5. The number of nitrogens with one attached hydrogen (secondary N) is 1. The number of aldehydes is 1. The Morgan fingerprint density at radius 1 is 0.684 bits per heavy atom. The number of halogens is 7. The van der Waals surface area contributed by atoms with Gasteiger partial charge in [0.25, 0.3) is 0 Å². The number of alkyl halides is 7. The monoisotopic (exact) mass is 1720 g/mol. The van der Waals surface area contributed by atoms with Crippen LogP contribution < -0.4 is 0 Å². The summed E-state index contributed by atoms with van der Waals surface area (Å²) in [5, 5.41) is 31.3. The molecule has 0 radical (unpaired) electrons. The number of hydrogen-bond acceptors (Lipinski definition) is 20. The van der Waals surface area contributed by atoms with Gasteiger partial charge in [-0.2, -0.15) is 51.8 Å². The Labute approximate surface area is 683 Å². The second-order valence-corrected chi connectivity index (χ2v) is 30.9. The number of esters is 2. The van der Waals surface area contributed by atoms with E-state index in [2.05, 4.69) is 99.5 Å². The minimum absolute atomic E-state index is 0.0382. The van der Waals surface area contributed by atoms with Crippen molar-refractivity contribution in [2.75, 3.05) is 92.7 Å².